The number of fused-ring (bicyclic) bond motifs is 3. The maximum absolute atomic E-state index is 10.7. The molecule has 1 aliphatic carbocycles. The minimum atomic E-state index is -0.958. The van der Waals surface area contributed by atoms with Gasteiger partial charge in [0.1, 0.15) is 17.8 Å². The molecule has 3 aliphatic rings. The number of aliphatic hydroxyl groups is 1. The number of hydrogen-bond donors (Lipinski definition) is 1. The third-order valence-corrected chi connectivity index (χ3v) is 3.99. The van der Waals surface area contributed by atoms with Crippen molar-refractivity contribution >= 4 is 0 Å². The van der Waals surface area contributed by atoms with Crippen LogP contribution in [0, 0.1) is 0 Å². The van der Waals surface area contributed by atoms with Gasteiger partial charge in [0.15, 0.2) is 11.6 Å². The molecule has 0 bridgehead atoms. The summed E-state index contributed by atoms with van der Waals surface area (Å²) in [5, 5.41) is 10.7. The van der Waals surface area contributed by atoms with Crippen LogP contribution >= 0.6 is 0 Å². The van der Waals surface area contributed by atoms with E-state index < -0.39 is 17.2 Å². The Labute approximate surface area is 107 Å². The second-order valence-electron chi connectivity index (χ2n) is 6.51. The summed E-state index contributed by atoms with van der Waals surface area (Å²) < 4.78 is 23.3. The molecule has 0 amide bonds. The van der Waals surface area contributed by atoms with E-state index >= 15 is 0 Å². The summed E-state index contributed by atoms with van der Waals surface area (Å²) in [5.74, 6) is -1.29. The van der Waals surface area contributed by atoms with Crippen LogP contribution in [0.4, 0.5) is 0 Å². The molecule has 5 heteroatoms. The second kappa shape index (κ2) is 3.67. The van der Waals surface area contributed by atoms with E-state index in [1.807, 2.05) is 27.7 Å². The second-order valence-corrected chi connectivity index (χ2v) is 6.51. The van der Waals surface area contributed by atoms with E-state index in [4.69, 9.17) is 18.9 Å². The zero-order valence-corrected chi connectivity index (χ0v) is 11.4. The van der Waals surface area contributed by atoms with Crippen molar-refractivity contribution in [1.29, 1.82) is 0 Å². The fourth-order valence-electron chi connectivity index (χ4n) is 3.15. The average molecular weight is 258 g/mol. The van der Waals surface area contributed by atoms with E-state index in [1.165, 1.54) is 0 Å². The molecule has 3 fully saturated rings. The van der Waals surface area contributed by atoms with Crippen molar-refractivity contribution in [3.63, 3.8) is 0 Å². The zero-order valence-electron chi connectivity index (χ0n) is 11.4. The molecule has 5 nitrogen and oxygen atoms in total. The van der Waals surface area contributed by atoms with Gasteiger partial charge in [-0.3, -0.25) is 0 Å². The Bertz CT molecular complexity index is 353. The van der Waals surface area contributed by atoms with Crippen LogP contribution in [0.2, 0.25) is 0 Å². The first kappa shape index (κ1) is 12.8. The van der Waals surface area contributed by atoms with Crippen LogP contribution in [0.15, 0.2) is 0 Å². The highest BCUT2D eigenvalue weighted by Crippen LogP contribution is 2.45. The molecule has 0 aromatic carbocycles. The highest BCUT2D eigenvalue weighted by Gasteiger charge is 2.59. The molecule has 18 heavy (non-hydrogen) atoms. The topological polar surface area (TPSA) is 57.2 Å². The van der Waals surface area contributed by atoms with Crippen molar-refractivity contribution in [1.82, 2.24) is 0 Å². The Hall–Kier alpha value is -0.200. The first-order chi connectivity index (χ1) is 8.21. The van der Waals surface area contributed by atoms with Crippen molar-refractivity contribution in [3.8, 4) is 0 Å². The number of rotatable bonds is 0. The third-order valence-electron chi connectivity index (χ3n) is 3.99. The van der Waals surface area contributed by atoms with E-state index in [9.17, 15) is 5.11 Å². The van der Waals surface area contributed by atoms with Gasteiger partial charge in [-0.2, -0.15) is 0 Å². The lowest BCUT2D eigenvalue weighted by Crippen LogP contribution is -2.66. The van der Waals surface area contributed by atoms with E-state index in [1.54, 1.807) is 0 Å². The fourth-order valence-corrected chi connectivity index (χ4v) is 3.15. The van der Waals surface area contributed by atoms with Crippen molar-refractivity contribution in [2.45, 2.75) is 76.0 Å². The predicted molar refractivity (Wildman–Crippen MR) is 62.9 cm³/mol. The minimum Gasteiger partial charge on any atom is -0.385 e. The summed E-state index contributed by atoms with van der Waals surface area (Å²) in [7, 11) is 0. The summed E-state index contributed by atoms with van der Waals surface area (Å²) in [6, 6.07) is 0. The van der Waals surface area contributed by atoms with Crippen LogP contribution in [0.3, 0.4) is 0 Å². The maximum Gasteiger partial charge on any atom is 0.163 e. The molecule has 0 spiro atoms. The lowest BCUT2D eigenvalue weighted by molar-refractivity contribution is -0.358. The molecule has 4 atom stereocenters. The first-order valence-corrected chi connectivity index (χ1v) is 6.61. The van der Waals surface area contributed by atoms with Crippen molar-refractivity contribution < 1.29 is 24.1 Å². The number of ether oxygens (including phenoxy) is 4. The van der Waals surface area contributed by atoms with Crippen molar-refractivity contribution in [3.05, 3.63) is 0 Å². The van der Waals surface area contributed by atoms with Gasteiger partial charge in [-0.25, -0.2) is 0 Å². The Morgan fingerprint density at radius 1 is 1.00 bits per heavy atom. The Morgan fingerprint density at radius 3 is 2.44 bits per heavy atom. The van der Waals surface area contributed by atoms with E-state index in [-0.39, 0.29) is 24.9 Å². The summed E-state index contributed by atoms with van der Waals surface area (Å²) in [4.78, 5) is 0. The first-order valence-electron chi connectivity index (χ1n) is 6.61. The van der Waals surface area contributed by atoms with Crippen LogP contribution in [-0.4, -0.2) is 47.2 Å². The summed E-state index contributed by atoms with van der Waals surface area (Å²) in [6.07, 6.45) is 0.783. The zero-order chi connectivity index (χ0) is 13.2. The smallest absolute Gasteiger partial charge is 0.163 e. The van der Waals surface area contributed by atoms with Crippen LogP contribution in [-0.2, 0) is 18.9 Å². The molecule has 0 aromatic rings. The molecule has 0 radical (unpaired) electrons. The van der Waals surface area contributed by atoms with Crippen molar-refractivity contribution in [2.75, 3.05) is 6.61 Å². The molecule has 1 N–H and O–H groups in total. The molecular weight excluding hydrogens is 236 g/mol. The lowest BCUT2D eigenvalue weighted by atomic mass is 9.78. The van der Waals surface area contributed by atoms with Gasteiger partial charge in [-0.15, -0.1) is 0 Å². The van der Waals surface area contributed by atoms with E-state index in [2.05, 4.69) is 0 Å². The van der Waals surface area contributed by atoms with Gasteiger partial charge in [-0.05, 0) is 40.5 Å². The Kier molecular flexibility index (Phi) is 2.61. The van der Waals surface area contributed by atoms with Gasteiger partial charge < -0.3 is 24.1 Å². The largest absolute Gasteiger partial charge is 0.385 e. The van der Waals surface area contributed by atoms with Crippen LogP contribution in [0.5, 0.6) is 0 Å². The van der Waals surface area contributed by atoms with Crippen molar-refractivity contribution in [2.24, 2.45) is 0 Å². The summed E-state index contributed by atoms with van der Waals surface area (Å²) >= 11 is 0. The highest BCUT2D eigenvalue weighted by molar-refractivity contribution is 5.05. The SMILES string of the molecule is CC1(C)O[C@@H]2[C@@H](CC[C@]3(O)COC(C)(C)O[C@@H]23)O1. The Balaban J connectivity index is 1.87. The van der Waals surface area contributed by atoms with E-state index in [0.29, 0.717) is 6.42 Å². The molecule has 0 unspecified atom stereocenters. The highest BCUT2D eigenvalue weighted by atomic mass is 16.8. The fraction of sp³-hybridized carbons (Fsp3) is 1.00. The van der Waals surface area contributed by atoms with Crippen LogP contribution in [0.25, 0.3) is 0 Å². The molecule has 2 aliphatic heterocycles. The molecule has 104 valence electrons. The lowest BCUT2D eigenvalue weighted by Gasteiger charge is -2.51. The maximum atomic E-state index is 10.7. The molecule has 3 rings (SSSR count). The van der Waals surface area contributed by atoms with Gasteiger partial charge >= 0.3 is 0 Å². The predicted octanol–water partition coefficient (Wildman–Crippen LogP) is 1.18. The van der Waals surface area contributed by atoms with Gasteiger partial charge in [0.05, 0.1) is 12.7 Å². The molecule has 2 saturated heterocycles. The molecule has 2 heterocycles. The molecule has 0 aromatic heterocycles. The quantitative estimate of drug-likeness (QED) is 0.707. The molecular formula is C13H22O5. The van der Waals surface area contributed by atoms with Crippen LogP contribution in [0.1, 0.15) is 40.5 Å². The summed E-state index contributed by atoms with van der Waals surface area (Å²) in [6.45, 7) is 7.80. The Morgan fingerprint density at radius 2 is 1.72 bits per heavy atom. The van der Waals surface area contributed by atoms with Gasteiger partial charge in [0.2, 0.25) is 0 Å². The molecule has 1 saturated carbocycles. The number of hydrogen-bond acceptors (Lipinski definition) is 5. The minimum absolute atomic E-state index is 0.000764. The van der Waals surface area contributed by atoms with Crippen LogP contribution < -0.4 is 0 Å². The summed E-state index contributed by atoms with van der Waals surface area (Å²) in [5.41, 5.74) is -0.958. The van der Waals surface area contributed by atoms with E-state index in [0.717, 1.165) is 6.42 Å². The third kappa shape index (κ3) is 1.98. The standard InChI is InChI=1S/C13H22O5/c1-11(2)15-7-13(14)6-5-8-9(10(13)18-11)17-12(3,4)16-8/h8-10,14H,5-7H2,1-4H3/t8-,9-,10+,13+/m1/s1. The average Bonchev–Trinajstić information content (AvgIpc) is 2.55. The van der Waals surface area contributed by atoms with Gasteiger partial charge in [-0.1, -0.05) is 0 Å². The van der Waals surface area contributed by atoms with Gasteiger partial charge in [0, 0.05) is 0 Å². The van der Waals surface area contributed by atoms with Gasteiger partial charge in [0.25, 0.3) is 0 Å². The normalized spacial score (nSPS) is 49.5. The monoisotopic (exact) mass is 258 g/mol.